The van der Waals surface area contributed by atoms with Crippen molar-refractivity contribution in [2.45, 2.75) is 6.42 Å². The minimum Gasteiger partial charge on any atom is -0.495 e. The lowest BCUT2D eigenvalue weighted by Crippen LogP contribution is -2.12. The second-order valence-corrected chi connectivity index (χ2v) is 6.42. The van der Waals surface area contributed by atoms with E-state index in [0.29, 0.717) is 40.0 Å². The minimum atomic E-state index is -0.124. The molecule has 7 heteroatoms. The number of nitrogens with zero attached hydrogens (tertiary/aromatic N) is 2. The first kappa shape index (κ1) is 16.3. The van der Waals surface area contributed by atoms with E-state index < -0.39 is 0 Å². The largest absolute Gasteiger partial charge is 0.495 e. The third kappa shape index (κ3) is 2.64. The van der Waals surface area contributed by atoms with Crippen LogP contribution in [-0.2, 0) is 11.2 Å². The summed E-state index contributed by atoms with van der Waals surface area (Å²) in [6.07, 6.45) is 1.84. The zero-order chi connectivity index (χ0) is 19.1. The standard InChI is InChI=1S/C21H16N4O3/c1-27-16-9-5-3-7-14(16)23-21-22-11-12-10-17(26)24-19-13-6-2-4-8-15(13)28-20(19)18(12)25-21/h2-9,11H,10H2,1H3,(H,24,26)(H,22,23,25). The van der Waals surface area contributed by atoms with Crippen molar-refractivity contribution >= 4 is 34.2 Å². The van der Waals surface area contributed by atoms with E-state index in [1.165, 1.54) is 0 Å². The molecule has 5 rings (SSSR count). The van der Waals surface area contributed by atoms with Gasteiger partial charge in [0.2, 0.25) is 11.9 Å². The molecular weight excluding hydrogens is 356 g/mol. The molecule has 0 fully saturated rings. The van der Waals surface area contributed by atoms with Crippen LogP contribution in [0.1, 0.15) is 5.56 Å². The van der Waals surface area contributed by atoms with Gasteiger partial charge >= 0.3 is 0 Å². The van der Waals surface area contributed by atoms with Crippen LogP contribution in [0.3, 0.4) is 0 Å². The van der Waals surface area contributed by atoms with Gasteiger partial charge in [-0.05, 0) is 24.3 Å². The molecule has 138 valence electrons. The van der Waals surface area contributed by atoms with Gasteiger partial charge in [0, 0.05) is 17.1 Å². The number of rotatable bonds is 3. The summed E-state index contributed by atoms with van der Waals surface area (Å²) < 4.78 is 11.4. The van der Waals surface area contributed by atoms with Crippen LogP contribution in [-0.4, -0.2) is 23.0 Å². The van der Waals surface area contributed by atoms with Crippen molar-refractivity contribution in [2.24, 2.45) is 0 Å². The molecule has 2 N–H and O–H groups in total. The van der Waals surface area contributed by atoms with Crippen molar-refractivity contribution in [1.82, 2.24) is 9.97 Å². The molecule has 1 amide bonds. The topological polar surface area (TPSA) is 89.3 Å². The second kappa shape index (κ2) is 6.38. The molecular formula is C21H16N4O3. The quantitative estimate of drug-likeness (QED) is 0.562. The summed E-state index contributed by atoms with van der Waals surface area (Å²) in [5.74, 6) is 1.49. The lowest BCUT2D eigenvalue weighted by atomic mass is 10.1. The summed E-state index contributed by atoms with van der Waals surface area (Å²) in [5.41, 5.74) is 3.38. The van der Waals surface area contributed by atoms with Gasteiger partial charge in [-0.1, -0.05) is 24.3 Å². The van der Waals surface area contributed by atoms with Gasteiger partial charge in [-0.25, -0.2) is 9.97 Å². The van der Waals surface area contributed by atoms with Gasteiger partial charge in [0.15, 0.2) is 5.76 Å². The molecule has 0 radical (unpaired) electrons. The average molecular weight is 372 g/mol. The Bertz CT molecular complexity index is 1220. The van der Waals surface area contributed by atoms with Crippen molar-refractivity contribution in [3.63, 3.8) is 0 Å². The van der Waals surface area contributed by atoms with E-state index in [-0.39, 0.29) is 12.3 Å². The van der Waals surface area contributed by atoms with Crippen molar-refractivity contribution in [1.29, 1.82) is 0 Å². The summed E-state index contributed by atoms with van der Waals surface area (Å²) in [6, 6.07) is 15.1. The van der Waals surface area contributed by atoms with Gasteiger partial charge in [-0.15, -0.1) is 0 Å². The summed E-state index contributed by atoms with van der Waals surface area (Å²) >= 11 is 0. The van der Waals surface area contributed by atoms with Crippen LogP contribution in [0, 0.1) is 0 Å². The van der Waals surface area contributed by atoms with Crippen LogP contribution >= 0.6 is 0 Å². The van der Waals surface area contributed by atoms with E-state index in [2.05, 4.69) is 20.6 Å². The highest BCUT2D eigenvalue weighted by atomic mass is 16.5. The molecule has 28 heavy (non-hydrogen) atoms. The van der Waals surface area contributed by atoms with Crippen LogP contribution in [0.4, 0.5) is 17.3 Å². The maximum Gasteiger partial charge on any atom is 0.229 e. The fourth-order valence-electron chi connectivity index (χ4n) is 3.35. The number of furan rings is 1. The fourth-order valence-corrected chi connectivity index (χ4v) is 3.35. The molecule has 0 atom stereocenters. The predicted molar refractivity (Wildman–Crippen MR) is 106 cm³/mol. The van der Waals surface area contributed by atoms with Crippen molar-refractivity contribution in [3.05, 3.63) is 60.3 Å². The zero-order valence-electron chi connectivity index (χ0n) is 15.0. The average Bonchev–Trinajstić information content (AvgIpc) is 3.01. The predicted octanol–water partition coefficient (Wildman–Crippen LogP) is 4.14. The SMILES string of the molecule is COc1ccccc1Nc1ncc2c(n1)-c1oc3ccccc3c1NC(=O)C2. The van der Waals surface area contributed by atoms with E-state index in [9.17, 15) is 4.79 Å². The molecule has 1 aliphatic heterocycles. The van der Waals surface area contributed by atoms with Crippen LogP contribution in [0.5, 0.6) is 5.75 Å². The molecule has 0 aliphatic carbocycles. The first-order valence-electron chi connectivity index (χ1n) is 8.80. The molecule has 0 bridgehead atoms. The molecule has 2 aromatic heterocycles. The van der Waals surface area contributed by atoms with Crippen LogP contribution in [0.25, 0.3) is 22.4 Å². The Kier molecular flexibility index (Phi) is 3.72. The van der Waals surface area contributed by atoms with Crippen molar-refractivity contribution in [2.75, 3.05) is 17.7 Å². The molecule has 4 aromatic rings. The summed E-state index contributed by atoms with van der Waals surface area (Å²) in [4.78, 5) is 21.4. The van der Waals surface area contributed by atoms with E-state index in [1.807, 2.05) is 48.5 Å². The summed E-state index contributed by atoms with van der Waals surface area (Å²) in [5, 5.41) is 6.96. The maximum absolute atomic E-state index is 12.4. The third-order valence-corrected chi connectivity index (χ3v) is 4.64. The second-order valence-electron chi connectivity index (χ2n) is 6.42. The summed E-state index contributed by atoms with van der Waals surface area (Å²) in [7, 11) is 1.61. The number of anilines is 3. The highest BCUT2D eigenvalue weighted by molar-refractivity contribution is 6.08. The van der Waals surface area contributed by atoms with E-state index in [1.54, 1.807) is 13.3 Å². The third-order valence-electron chi connectivity index (χ3n) is 4.64. The van der Waals surface area contributed by atoms with Gasteiger partial charge < -0.3 is 19.8 Å². The van der Waals surface area contributed by atoms with Crippen LogP contribution in [0.15, 0.2) is 59.1 Å². The Morgan fingerprint density at radius 3 is 2.86 bits per heavy atom. The number of amides is 1. The highest BCUT2D eigenvalue weighted by Crippen LogP contribution is 2.40. The number of hydrogen-bond donors (Lipinski definition) is 2. The van der Waals surface area contributed by atoms with E-state index in [0.717, 1.165) is 11.1 Å². The number of carbonyl (C=O) groups is 1. The van der Waals surface area contributed by atoms with Gasteiger partial charge in [0.25, 0.3) is 0 Å². The highest BCUT2D eigenvalue weighted by Gasteiger charge is 2.26. The Balaban J connectivity index is 1.64. The number of fused-ring (bicyclic) bond motifs is 5. The molecule has 7 nitrogen and oxygen atoms in total. The summed E-state index contributed by atoms with van der Waals surface area (Å²) in [6.45, 7) is 0. The van der Waals surface area contributed by atoms with E-state index >= 15 is 0 Å². The Morgan fingerprint density at radius 1 is 1.14 bits per heavy atom. The van der Waals surface area contributed by atoms with Crippen molar-refractivity contribution < 1.29 is 13.9 Å². The Labute approximate surface area is 160 Å². The van der Waals surface area contributed by atoms with Gasteiger partial charge in [-0.3, -0.25) is 4.79 Å². The molecule has 0 saturated heterocycles. The normalized spacial score (nSPS) is 12.7. The molecule has 0 spiro atoms. The number of para-hydroxylation sites is 3. The van der Waals surface area contributed by atoms with Crippen LogP contribution < -0.4 is 15.4 Å². The number of nitrogens with one attached hydrogen (secondary N) is 2. The molecule has 0 unspecified atom stereocenters. The fraction of sp³-hybridized carbons (Fsp3) is 0.0952. The van der Waals surface area contributed by atoms with Gasteiger partial charge in [-0.2, -0.15) is 0 Å². The number of carbonyl (C=O) groups excluding carboxylic acids is 1. The zero-order valence-corrected chi connectivity index (χ0v) is 15.0. The van der Waals surface area contributed by atoms with Gasteiger partial charge in [0.1, 0.15) is 17.0 Å². The minimum absolute atomic E-state index is 0.124. The smallest absolute Gasteiger partial charge is 0.229 e. The van der Waals surface area contributed by atoms with Crippen LogP contribution in [0.2, 0.25) is 0 Å². The number of hydrogen-bond acceptors (Lipinski definition) is 6. The number of ether oxygens (including phenoxy) is 1. The lowest BCUT2D eigenvalue weighted by Gasteiger charge is -2.11. The number of aromatic nitrogens is 2. The first-order chi connectivity index (χ1) is 13.7. The number of methoxy groups -OCH3 is 1. The Hall–Kier alpha value is -3.87. The first-order valence-corrected chi connectivity index (χ1v) is 8.80. The molecule has 3 heterocycles. The molecule has 2 aromatic carbocycles. The molecule has 1 aliphatic rings. The number of benzene rings is 2. The Morgan fingerprint density at radius 2 is 1.96 bits per heavy atom. The van der Waals surface area contributed by atoms with Crippen molar-refractivity contribution in [3.8, 4) is 17.2 Å². The van der Waals surface area contributed by atoms with E-state index in [4.69, 9.17) is 9.15 Å². The molecule has 0 saturated carbocycles. The van der Waals surface area contributed by atoms with Gasteiger partial charge in [0.05, 0.1) is 24.9 Å². The lowest BCUT2D eigenvalue weighted by molar-refractivity contribution is -0.115. The maximum atomic E-state index is 12.4. The monoisotopic (exact) mass is 372 g/mol.